The standard InChI is InChI=1S/C8H8ClNO3/c1-4-3-5(8(12)13-2)7(11)10-6(4)9/h3H,1-2H3,(H,10,11). The van der Waals surface area contributed by atoms with Crippen LogP contribution in [0.4, 0.5) is 0 Å². The Bertz CT molecular complexity index is 397. The van der Waals surface area contributed by atoms with Crippen LogP contribution in [-0.4, -0.2) is 18.1 Å². The summed E-state index contributed by atoms with van der Waals surface area (Å²) in [5, 5.41) is 0.234. The van der Waals surface area contributed by atoms with Crippen molar-refractivity contribution in [3.8, 4) is 0 Å². The Morgan fingerprint density at radius 1 is 1.62 bits per heavy atom. The highest BCUT2D eigenvalue weighted by Gasteiger charge is 2.11. The predicted molar refractivity (Wildman–Crippen MR) is 48.1 cm³/mol. The molecule has 0 aliphatic heterocycles. The smallest absolute Gasteiger partial charge is 0.343 e. The number of hydrogen-bond donors (Lipinski definition) is 1. The van der Waals surface area contributed by atoms with Crippen LogP contribution in [0.15, 0.2) is 10.9 Å². The highest BCUT2D eigenvalue weighted by Crippen LogP contribution is 2.09. The number of aromatic nitrogens is 1. The van der Waals surface area contributed by atoms with Crippen LogP contribution in [0.25, 0.3) is 0 Å². The van der Waals surface area contributed by atoms with Crippen molar-refractivity contribution in [1.82, 2.24) is 4.98 Å². The molecule has 1 heterocycles. The van der Waals surface area contributed by atoms with Crippen molar-refractivity contribution < 1.29 is 9.53 Å². The number of aryl methyl sites for hydroxylation is 1. The molecule has 0 saturated carbocycles. The number of H-pyrrole nitrogens is 1. The summed E-state index contributed by atoms with van der Waals surface area (Å²) in [5.41, 5.74) is 0.0496. The normalized spacial score (nSPS) is 9.77. The number of nitrogens with one attached hydrogen (secondary N) is 1. The molecule has 0 unspecified atom stereocenters. The summed E-state index contributed by atoms with van der Waals surface area (Å²) in [5.74, 6) is -0.666. The van der Waals surface area contributed by atoms with Gasteiger partial charge in [-0.1, -0.05) is 11.6 Å². The molecule has 0 bridgehead atoms. The summed E-state index contributed by atoms with van der Waals surface area (Å²) in [6, 6.07) is 1.40. The molecular formula is C8H8ClNO3. The topological polar surface area (TPSA) is 59.2 Å². The number of aromatic amines is 1. The van der Waals surface area contributed by atoms with Gasteiger partial charge in [0.05, 0.1) is 7.11 Å². The van der Waals surface area contributed by atoms with Crippen LogP contribution in [-0.2, 0) is 4.74 Å². The summed E-state index contributed by atoms with van der Waals surface area (Å²) < 4.78 is 4.41. The van der Waals surface area contributed by atoms with Crippen LogP contribution in [0.3, 0.4) is 0 Å². The van der Waals surface area contributed by atoms with Gasteiger partial charge in [-0.25, -0.2) is 4.79 Å². The van der Waals surface area contributed by atoms with Gasteiger partial charge in [0.1, 0.15) is 10.7 Å². The van der Waals surface area contributed by atoms with Crippen LogP contribution in [0.2, 0.25) is 5.15 Å². The van der Waals surface area contributed by atoms with Gasteiger partial charge in [-0.15, -0.1) is 0 Å². The monoisotopic (exact) mass is 201 g/mol. The number of carbonyl (C=O) groups is 1. The summed E-state index contributed by atoms with van der Waals surface area (Å²) >= 11 is 5.63. The fourth-order valence-electron chi connectivity index (χ4n) is 0.873. The van der Waals surface area contributed by atoms with E-state index >= 15 is 0 Å². The highest BCUT2D eigenvalue weighted by atomic mass is 35.5. The molecule has 1 aromatic heterocycles. The molecule has 5 heteroatoms. The fourth-order valence-corrected chi connectivity index (χ4v) is 1.01. The lowest BCUT2D eigenvalue weighted by molar-refractivity contribution is 0.0598. The van der Waals surface area contributed by atoms with Gasteiger partial charge < -0.3 is 9.72 Å². The lowest BCUT2D eigenvalue weighted by atomic mass is 10.2. The molecule has 0 saturated heterocycles. The van der Waals surface area contributed by atoms with Crippen molar-refractivity contribution in [1.29, 1.82) is 0 Å². The average Bonchev–Trinajstić information content (AvgIpc) is 2.10. The molecule has 70 valence electrons. The Balaban J connectivity index is 3.32. The van der Waals surface area contributed by atoms with Gasteiger partial charge in [0, 0.05) is 0 Å². The largest absolute Gasteiger partial charge is 0.465 e. The Kier molecular flexibility index (Phi) is 2.72. The van der Waals surface area contributed by atoms with Crippen LogP contribution < -0.4 is 5.56 Å². The molecule has 4 nitrogen and oxygen atoms in total. The van der Waals surface area contributed by atoms with Crippen LogP contribution in [0, 0.1) is 6.92 Å². The zero-order valence-corrected chi connectivity index (χ0v) is 7.94. The van der Waals surface area contributed by atoms with Gasteiger partial charge in [0.25, 0.3) is 5.56 Å². The molecule has 0 fully saturated rings. The van der Waals surface area contributed by atoms with E-state index in [1.807, 2.05) is 0 Å². The van der Waals surface area contributed by atoms with Gasteiger partial charge in [-0.2, -0.15) is 0 Å². The second kappa shape index (κ2) is 3.62. The lowest BCUT2D eigenvalue weighted by Gasteiger charge is -2.00. The predicted octanol–water partition coefficient (Wildman–Crippen LogP) is 1.12. The Morgan fingerprint density at radius 3 is 2.77 bits per heavy atom. The first-order valence-corrected chi connectivity index (χ1v) is 3.91. The van der Waals surface area contributed by atoms with E-state index in [0.717, 1.165) is 0 Å². The average molecular weight is 202 g/mol. The van der Waals surface area contributed by atoms with E-state index < -0.39 is 11.5 Å². The molecular weight excluding hydrogens is 194 g/mol. The van der Waals surface area contributed by atoms with Gasteiger partial charge in [0.15, 0.2) is 0 Å². The first kappa shape index (κ1) is 9.80. The molecule has 1 N–H and O–H groups in total. The second-order valence-electron chi connectivity index (χ2n) is 2.50. The number of methoxy groups -OCH3 is 1. The molecule has 13 heavy (non-hydrogen) atoms. The van der Waals surface area contributed by atoms with E-state index in [0.29, 0.717) is 5.56 Å². The third kappa shape index (κ3) is 1.89. The molecule has 0 aliphatic rings. The van der Waals surface area contributed by atoms with Crippen molar-refractivity contribution in [2.75, 3.05) is 7.11 Å². The zero-order chi connectivity index (χ0) is 10.0. The molecule has 0 spiro atoms. The minimum Gasteiger partial charge on any atom is -0.465 e. The minimum atomic E-state index is -0.666. The number of pyridine rings is 1. The number of carbonyl (C=O) groups excluding carboxylic acids is 1. The van der Waals surface area contributed by atoms with Crippen molar-refractivity contribution in [2.45, 2.75) is 6.92 Å². The van der Waals surface area contributed by atoms with E-state index in [4.69, 9.17) is 11.6 Å². The van der Waals surface area contributed by atoms with E-state index in [1.54, 1.807) is 6.92 Å². The van der Waals surface area contributed by atoms with Gasteiger partial charge in [-0.3, -0.25) is 4.79 Å². The van der Waals surface area contributed by atoms with Crippen LogP contribution in [0.5, 0.6) is 0 Å². The number of hydrogen-bond acceptors (Lipinski definition) is 3. The van der Waals surface area contributed by atoms with E-state index in [9.17, 15) is 9.59 Å². The summed E-state index contributed by atoms with van der Waals surface area (Å²) in [6.45, 7) is 1.69. The molecule has 1 rings (SSSR count). The van der Waals surface area contributed by atoms with Crippen LogP contribution >= 0.6 is 11.6 Å². The summed E-state index contributed by atoms with van der Waals surface area (Å²) in [6.07, 6.45) is 0. The zero-order valence-electron chi connectivity index (χ0n) is 7.18. The van der Waals surface area contributed by atoms with Gasteiger partial charge in [-0.05, 0) is 18.6 Å². The minimum absolute atomic E-state index is 0.0376. The lowest BCUT2D eigenvalue weighted by Crippen LogP contribution is -2.19. The van der Waals surface area contributed by atoms with Crippen molar-refractivity contribution in [3.63, 3.8) is 0 Å². The third-order valence-corrected chi connectivity index (χ3v) is 1.97. The second-order valence-corrected chi connectivity index (χ2v) is 2.88. The fraction of sp³-hybridized carbons (Fsp3) is 0.250. The van der Waals surface area contributed by atoms with Crippen molar-refractivity contribution >= 4 is 17.6 Å². The maximum Gasteiger partial charge on any atom is 0.343 e. The van der Waals surface area contributed by atoms with Gasteiger partial charge >= 0.3 is 5.97 Å². The molecule has 0 radical (unpaired) electrons. The summed E-state index contributed by atoms with van der Waals surface area (Å²) in [7, 11) is 1.21. The first-order valence-electron chi connectivity index (χ1n) is 3.54. The Hall–Kier alpha value is -1.29. The maximum atomic E-state index is 11.2. The molecule has 0 atom stereocenters. The molecule has 0 amide bonds. The number of ether oxygens (including phenoxy) is 1. The quantitative estimate of drug-likeness (QED) is 0.547. The van der Waals surface area contributed by atoms with Crippen molar-refractivity contribution in [2.24, 2.45) is 0 Å². The first-order chi connectivity index (χ1) is 6.06. The Morgan fingerprint density at radius 2 is 2.23 bits per heavy atom. The summed E-state index contributed by atoms with van der Waals surface area (Å²) in [4.78, 5) is 24.5. The number of rotatable bonds is 1. The van der Waals surface area contributed by atoms with Crippen molar-refractivity contribution in [3.05, 3.63) is 32.7 Å². The number of esters is 1. The molecule has 0 aliphatic carbocycles. The molecule has 0 aromatic carbocycles. The van der Waals surface area contributed by atoms with E-state index in [2.05, 4.69) is 9.72 Å². The maximum absolute atomic E-state index is 11.2. The third-order valence-electron chi connectivity index (χ3n) is 1.58. The molecule has 1 aromatic rings. The number of halogens is 1. The van der Waals surface area contributed by atoms with Gasteiger partial charge in [0.2, 0.25) is 0 Å². The highest BCUT2D eigenvalue weighted by molar-refractivity contribution is 6.30. The SMILES string of the molecule is COC(=O)c1cc(C)c(Cl)[nH]c1=O. The Labute approximate surface area is 79.5 Å². The van der Waals surface area contributed by atoms with Crippen LogP contribution in [0.1, 0.15) is 15.9 Å². The van der Waals surface area contributed by atoms with E-state index in [1.165, 1.54) is 13.2 Å². The van der Waals surface area contributed by atoms with E-state index in [-0.39, 0.29) is 10.7 Å².